The number of aliphatic hydroxyl groups is 1. The predicted octanol–water partition coefficient (Wildman–Crippen LogP) is 2.53. The van der Waals surface area contributed by atoms with Crippen molar-refractivity contribution in [2.24, 2.45) is 0 Å². The van der Waals surface area contributed by atoms with Crippen molar-refractivity contribution in [3.05, 3.63) is 29.8 Å². The van der Waals surface area contributed by atoms with E-state index in [0.717, 1.165) is 44.6 Å². The first-order chi connectivity index (χ1) is 13.9. The Balaban J connectivity index is 1.52. The van der Waals surface area contributed by atoms with Crippen LogP contribution in [0.15, 0.2) is 24.3 Å². The molecule has 0 bridgehead atoms. The maximum absolute atomic E-state index is 11.9. The normalized spacial score (nSPS) is 27.0. The van der Waals surface area contributed by atoms with E-state index in [4.69, 9.17) is 9.47 Å². The van der Waals surface area contributed by atoms with Crippen LogP contribution >= 0.6 is 0 Å². The molecule has 162 valence electrons. The fourth-order valence-electron chi connectivity index (χ4n) is 4.59. The molecule has 1 amide bonds. The first kappa shape index (κ1) is 22.1. The van der Waals surface area contributed by atoms with Gasteiger partial charge >= 0.3 is 0 Å². The highest BCUT2D eigenvalue weighted by Gasteiger charge is 2.53. The third-order valence-electron chi connectivity index (χ3n) is 6.58. The van der Waals surface area contributed by atoms with E-state index in [1.54, 1.807) is 0 Å². The molecule has 1 aromatic rings. The zero-order chi connectivity index (χ0) is 20.9. The highest BCUT2D eigenvalue weighted by Crippen LogP contribution is 2.40. The first-order valence-electron chi connectivity index (χ1n) is 11.0. The molecule has 0 saturated carbocycles. The molecule has 6 nitrogen and oxygen atoms in total. The van der Waals surface area contributed by atoms with Gasteiger partial charge in [-0.15, -0.1) is 0 Å². The molecule has 2 atom stereocenters. The third-order valence-corrected chi connectivity index (χ3v) is 6.58. The Morgan fingerprint density at radius 2 is 2.00 bits per heavy atom. The van der Waals surface area contributed by atoms with Crippen molar-refractivity contribution in [3.63, 3.8) is 0 Å². The number of rotatable bonds is 7. The van der Waals surface area contributed by atoms with Crippen LogP contribution < -0.4 is 10.1 Å². The number of para-hydroxylation sites is 1. The van der Waals surface area contributed by atoms with Gasteiger partial charge in [-0.2, -0.15) is 0 Å². The summed E-state index contributed by atoms with van der Waals surface area (Å²) >= 11 is 0. The number of carbonyl (C=O) groups is 1. The van der Waals surface area contributed by atoms with Crippen molar-refractivity contribution in [3.8, 4) is 5.75 Å². The van der Waals surface area contributed by atoms with Crippen LogP contribution in [0.4, 0.5) is 0 Å². The summed E-state index contributed by atoms with van der Waals surface area (Å²) < 4.78 is 12.1. The average molecular weight is 405 g/mol. The van der Waals surface area contributed by atoms with Gasteiger partial charge in [-0.25, -0.2) is 0 Å². The number of likely N-dealkylation sites (tertiary alicyclic amines) is 1. The van der Waals surface area contributed by atoms with Gasteiger partial charge in [0.2, 0.25) is 5.91 Å². The number of benzene rings is 1. The van der Waals surface area contributed by atoms with Crippen LogP contribution in [0.2, 0.25) is 0 Å². The van der Waals surface area contributed by atoms with Crippen molar-refractivity contribution in [2.75, 3.05) is 32.8 Å². The minimum atomic E-state index is -0.700. The lowest BCUT2D eigenvalue weighted by Gasteiger charge is -2.53. The van der Waals surface area contributed by atoms with E-state index in [2.05, 4.69) is 23.2 Å². The fraction of sp³-hybridized carbons (Fsp3) is 0.696. The molecule has 2 N–H and O–H groups in total. The molecule has 2 fully saturated rings. The molecule has 2 aliphatic heterocycles. The first-order valence-corrected chi connectivity index (χ1v) is 11.0. The second-order valence-electron chi connectivity index (χ2n) is 8.54. The largest absolute Gasteiger partial charge is 0.492 e. The molecule has 0 radical (unpaired) electrons. The number of amides is 1. The van der Waals surface area contributed by atoms with Gasteiger partial charge in [0.25, 0.3) is 0 Å². The van der Waals surface area contributed by atoms with Gasteiger partial charge in [-0.3, -0.25) is 9.69 Å². The molecule has 0 aliphatic carbocycles. The van der Waals surface area contributed by atoms with E-state index >= 15 is 0 Å². The number of carbonyl (C=O) groups excluding carboxylic acids is 1. The Labute approximate surface area is 174 Å². The average Bonchev–Trinajstić information content (AvgIpc) is 2.74. The van der Waals surface area contributed by atoms with Crippen LogP contribution in [0.5, 0.6) is 5.75 Å². The van der Waals surface area contributed by atoms with E-state index in [-0.39, 0.29) is 5.91 Å². The van der Waals surface area contributed by atoms with Crippen LogP contribution in [0.1, 0.15) is 52.0 Å². The highest BCUT2D eigenvalue weighted by atomic mass is 16.5. The molecule has 1 aromatic carbocycles. The van der Waals surface area contributed by atoms with Crippen molar-refractivity contribution in [1.29, 1.82) is 0 Å². The summed E-state index contributed by atoms with van der Waals surface area (Å²) in [4.78, 5) is 14.3. The molecule has 2 heterocycles. The summed E-state index contributed by atoms with van der Waals surface area (Å²) in [6.07, 6.45) is 2.84. The van der Waals surface area contributed by atoms with Gasteiger partial charge < -0.3 is 19.9 Å². The second kappa shape index (κ2) is 9.45. The monoisotopic (exact) mass is 404 g/mol. The van der Waals surface area contributed by atoms with Gasteiger partial charge in [0, 0.05) is 32.7 Å². The number of nitrogens with zero attached hydrogens (tertiary/aromatic N) is 1. The summed E-state index contributed by atoms with van der Waals surface area (Å²) in [5.74, 6) is 0.947. The lowest BCUT2D eigenvalue weighted by Crippen LogP contribution is -2.69. The second-order valence-corrected chi connectivity index (χ2v) is 8.54. The maximum atomic E-state index is 11.9. The van der Waals surface area contributed by atoms with Gasteiger partial charge in [-0.05, 0) is 44.2 Å². The molecule has 6 heteroatoms. The smallest absolute Gasteiger partial charge is 0.220 e. The van der Waals surface area contributed by atoms with Crippen molar-refractivity contribution in [2.45, 2.75) is 70.1 Å². The highest BCUT2D eigenvalue weighted by molar-refractivity contribution is 5.76. The molecule has 1 spiro atoms. The summed E-state index contributed by atoms with van der Waals surface area (Å²) in [5, 5.41) is 14.2. The standard InChI is InChI=1S/C23H36N2O4/c1-4-18-8-6-7-9-19(18)28-17-15-25-13-10-23(11-14-25)21(27)22(3,12-16-29-23)24-20(26)5-2/h6-9,21,27H,4-5,10-17H2,1-3H3,(H,24,26)/t21-,22+/m0/s1. The van der Waals surface area contributed by atoms with Crippen LogP contribution in [-0.4, -0.2) is 66.0 Å². The van der Waals surface area contributed by atoms with Crippen LogP contribution in [0, 0.1) is 0 Å². The Hall–Kier alpha value is -1.63. The van der Waals surface area contributed by atoms with Crippen LogP contribution in [0.3, 0.4) is 0 Å². The summed E-state index contributed by atoms with van der Waals surface area (Å²) in [6.45, 7) is 9.69. The van der Waals surface area contributed by atoms with Gasteiger partial charge in [0.15, 0.2) is 0 Å². The number of piperidine rings is 1. The summed E-state index contributed by atoms with van der Waals surface area (Å²) in [6, 6.07) is 8.19. The number of nitrogens with one attached hydrogen (secondary N) is 1. The lowest BCUT2D eigenvalue weighted by molar-refractivity contribution is -0.208. The number of ether oxygens (including phenoxy) is 2. The Morgan fingerprint density at radius 3 is 2.69 bits per heavy atom. The van der Waals surface area contributed by atoms with E-state index in [1.807, 2.05) is 32.0 Å². The molecule has 2 saturated heterocycles. The molecule has 2 aliphatic rings. The Kier molecular flexibility index (Phi) is 7.19. The quantitative estimate of drug-likeness (QED) is 0.731. The molecule has 29 heavy (non-hydrogen) atoms. The summed E-state index contributed by atoms with van der Waals surface area (Å²) in [5.41, 5.74) is 0.0398. The number of hydrogen-bond acceptors (Lipinski definition) is 5. The van der Waals surface area contributed by atoms with Gasteiger partial charge in [0.05, 0.1) is 11.1 Å². The molecule has 0 aromatic heterocycles. The minimum absolute atomic E-state index is 0.0226. The minimum Gasteiger partial charge on any atom is -0.492 e. The zero-order valence-corrected chi connectivity index (χ0v) is 18.1. The van der Waals surface area contributed by atoms with E-state index in [0.29, 0.717) is 26.1 Å². The Bertz CT molecular complexity index is 687. The predicted molar refractivity (Wildman–Crippen MR) is 113 cm³/mol. The van der Waals surface area contributed by atoms with E-state index in [9.17, 15) is 9.90 Å². The van der Waals surface area contributed by atoms with Crippen molar-refractivity contribution < 1.29 is 19.4 Å². The lowest BCUT2D eigenvalue weighted by atomic mass is 9.73. The Morgan fingerprint density at radius 1 is 1.28 bits per heavy atom. The zero-order valence-electron chi connectivity index (χ0n) is 18.1. The number of hydrogen-bond donors (Lipinski definition) is 2. The molecule has 3 rings (SSSR count). The molecule has 0 unspecified atom stereocenters. The van der Waals surface area contributed by atoms with Gasteiger partial charge in [0.1, 0.15) is 18.5 Å². The van der Waals surface area contributed by atoms with E-state index < -0.39 is 17.2 Å². The van der Waals surface area contributed by atoms with Gasteiger partial charge in [-0.1, -0.05) is 32.0 Å². The molecular weight excluding hydrogens is 368 g/mol. The van der Waals surface area contributed by atoms with Crippen molar-refractivity contribution in [1.82, 2.24) is 10.2 Å². The SMILES string of the molecule is CCC(=O)N[C@]1(C)CCOC2(CCN(CCOc3ccccc3CC)CC2)[C@H]1O. The van der Waals surface area contributed by atoms with Crippen molar-refractivity contribution >= 4 is 5.91 Å². The number of aryl methyl sites for hydroxylation is 1. The topological polar surface area (TPSA) is 71.0 Å². The maximum Gasteiger partial charge on any atom is 0.220 e. The summed E-state index contributed by atoms with van der Waals surface area (Å²) in [7, 11) is 0. The van der Waals surface area contributed by atoms with E-state index in [1.165, 1.54) is 5.56 Å². The third kappa shape index (κ3) is 4.93. The van der Waals surface area contributed by atoms with Crippen LogP contribution in [-0.2, 0) is 16.0 Å². The molecular formula is C23H36N2O4. The fourth-order valence-corrected chi connectivity index (χ4v) is 4.59. The number of aliphatic hydroxyl groups excluding tert-OH is 1. The van der Waals surface area contributed by atoms with Crippen LogP contribution in [0.25, 0.3) is 0 Å².